The van der Waals surface area contributed by atoms with E-state index >= 15 is 0 Å². The molecular weight excluding hydrogens is 188 g/mol. The lowest BCUT2D eigenvalue weighted by Gasteiger charge is -1.97. The van der Waals surface area contributed by atoms with Crippen LogP contribution in [0.4, 0.5) is 0 Å². The van der Waals surface area contributed by atoms with Crippen LogP contribution < -0.4 is 10.5 Å². The molecule has 0 spiro atoms. The van der Waals surface area contributed by atoms with Gasteiger partial charge in [-0.1, -0.05) is 5.16 Å². The predicted molar refractivity (Wildman–Crippen MR) is 44.7 cm³/mol. The summed E-state index contributed by atoms with van der Waals surface area (Å²) in [6.07, 6.45) is 2.94. The predicted octanol–water partition coefficient (Wildman–Crippen LogP) is -0.172. The summed E-state index contributed by atoms with van der Waals surface area (Å²) in [5.74, 6) is 0.355. The highest BCUT2D eigenvalue weighted by molar-refractivity contribution is 5.40. The van der Waals surface area contributed by atoms with E-state index in [4.69, 9.17) is 4.74 Å². The topological polar surface area (TPSA) is 93.9 Å². The molecule has 72 valence electrons. The lowest BCUT2D eigenvalue weighted by molar-refractivity contribution is 0.387. The molecule has 0 unspecified atom stereocenters. The molecule has 0 amide bonds. The molecule has 0 radical (unpaired) electrons. The van der Waals surface area contributed by atoms with Crippen molar-refractivity contribution in [2.24, 2.45) is 0 Å². The molecule has 2 aromatic rings. The van der Waals surface area contributed by atoms with Gasteiger partial charge >= 0.3 is 5.76 Å². The Morgan fingerprint density at radius 2 is 2.14 bits per heavy atom. The van der Waals surface area contributed by atoms with Crippen LogP contribution in [-0.2, 0) is 0 Å². The van der Waals surface area contributed by atoms with Gasteiger partial charge in [0, 0.05) is 0 Å². The van der Waals surface area contributed by atoms with E-state index in [0.717, 1.165) is 0 Å². The molecule has 2 aromatic heterocycles. The lowest BCUT2D eigenvalue weighted by atomic mass is 10.5. The Morgan fingerprint density at radius 3 is 2.64 bits per heavy atom. The van der Waals surface area contributed by atoms with Crippen molar-refractivity contribution < 1.29 is 9.26 Å². The largest absolute Gasteiger partial charge is 0.494 e. The Bertz CT molecular complexity index is 472. The number of aromatic nitrogens is 4. The molecule has 0 saturated carbocycles. The molecule has 0 aliphatic carbocycles. The number of aromatic amines is 1. The third kappa shape index (κ3) is 1.47. The van der Waals surface area contributed by atoms with E-state index in [1.165, 1.54) is 19.5 Å². The van der Waals surface area contributed by atoms with Gasteiger partial charge in [0.2, 0.25) is 5.82 Å². The Morgan fingerprint density at radius 1 is 1.43 bits per heavy atom. The van der Waals surface area contributed by atoms with Gasteiger partial charge in [0.15, 0.2) is 11.6 Å². The van der Waals surface area contributed by atoms with Crippen molar-refractivity contribution in [3.8, 4) is 17.4 Å². The van der Waals surface area contributed by atoms with Gasteiger partial charge in [0.25, 0.3) is 0 Å². The van der Waals surface area contributed by atoms with Crippen LogP contribution in [0.15, 0.2) is 21.7 Å². The molecular formula is C7H6N4O3. The highest BCUT2D eigenvalue weighted by Gasteiger charge is 2.06. The first-order chi connectivity index (χ1) is 6.79. The van der Waals surface area contributed by atoms with Crippen LogP contribution in [-0.4, -0.2) is 27.2 Å². The van der Waals surface area contributed by atoms with E-state index in [9.17, 15) is 4.79 Å². The fourth-order valence-electron chi connectivity index (χ4n) is 0.870. The second-order valence-electron chi connectivity index (χ2n) is 2.39. The van der Waals surface area contributed by atoms with Gasteiger partial charge in [-0.3, -0.25) is 9.51 Å². The SMILES string of the molecule is COc1cnc(-c2noc(=O)[nH]2)nc1. The second-order valence-corrected chi connectivity index (χ2v) is 2.39. The zero-order chi connectivity index (χ0) is 9.97. The molecule has 0 fully saturated rings. The van der Waals surface area contributed by atoms with Crippen LogP contribution in [0.5, 0.6) is 5.75 Å². The summed E-state index contributed by atoms with van der Waals surface area (Å²) < 4.78 is 9.17. The molecule has 1 N–H and O–H groups in total. The second kappa shape index (κ2) is 3.29. The third-order valence-corrected chi connectivity index (χ3v) is 1.52. The zero-order valence-electron chi connectivity index (χ0n) is 7.22. The maximum atomic E-state index is 10.6. The molecule has 0 atom stereocenters. The Hall–Kier alpha value is -2.18. The summed E-state index contributed by atoms with van der Waals surface area (Å²) in [6, 6.07) is 0. The van der Waals surface area contributed by atoms with Gasteiger partial charge in [-0.15, -0.1) is 0 Å². The van der Waals surface area contributed by atoms with Crippen molar-refractivity contribution >= 4 is 0 Å². The molecule has 7 nitrogen and oxygen atoms in total. The number of ether oxygens (including phenoxy) is 1. The van der Waals surface area contributed by atoms with Crippen molar-refractivity contribution in [1.29, 1.82) is 0 Å². The zero-order valence-corrected chi connectivity index (χ0v) is 7.22. The standard InChI is InChI=1S/C7H6N4O3/c1-13-4-2-8-5(9-3-4)6-10-7(12)14-11-6/h2-3H,1H3,(H,10,11,12). The number of nitrogens with one attached hydrogen (secondary N) is 1. The highest BCUT2D eigenvalue weighted by Crippen LogP contribution is 2.10. The van der Waals surface area contributed by atoms with Gasteiger partial charge in [0.1, 0.15) is 0 Å². The molecule has 0 bridgehead atoms. The average Bonchev–Trinajstić information content (AvgIpc) is 2.65. The first kappa shape index (κ1) is 8.42. The molecule has 0 aliphatic rings. The van der Waals surface area contributed by atoms with Gasteiger partial charge < -0.3 is 4.74 Å². The van der Waals surface area contributed by atoms with Gasteiger partial charge in [-0.05, 0) is 0 Å². The molecule has 2 rings (SSSR count). The van der Waals surface area contributed by atoms with Crippen molar-refractivity contribution in [2.75, 3.05) is 7.11 Å². The minimum Gasteiger partial charge on any atom is -0.494 e. The maximum absolute atomic E-state index is 10.6. The number of nitrogens with zero attached hydrogens (tertiary/aromatic N) is 3. The van der Waals surface area contributed by atoms with Crippen LogP contribution in [0, 0.1) is 0 Å². The first-order valence-corrected chi connectivity index (χ1v) is 3.72. The normalized spacial score (nSPS) is 10.1. The van der Waals surface area contributed by atoms with Crippen LogP contribution >= 0.6 is 0 Å². The number of H-pyrrole nitrogens is 1. The fourth-order valence-corrected chi connectivity index (χ4v) is 0.870. The summed E-state index contributed by atoms with van der Waals surface area (Å²) in [6.45, 7) is 0. The smallest absolute Gasteiger partial charge is 0.439 e. The minimum atomic E-state index is -0.639. The summed E-state index contributed by atoms with van der Waals surface area (Å²) >= 11 is 0. The fraction of sp³-hybridized carbons (Fsp3) is 0.143. The van der Waals surface area contributed by atoms with Gasteiger partial charge in [-0.25, -0.2) is 14.8 Å². The summed E-state index contributed by atoms with van der Waals surface area (Å²) in [5.41, 5.74) is 0. The van der Waals surface area contributed by atoms with Crippen molar-refractivity contribution in [3.63, 3.8) is 0 Å². The summed E-state index contributed by atoms with van der Waals surface area (Å²) in [4.78, 5) is 20.8. The van der Waals surface area contributed by atoms with Crippen LogP contribution in [0.2, 0.25) is 0 Å². The molecule has 0 saturated heterocycles. The van der Waals surface area contributed by atoms with Crippen molar-refractivity contribution in [3.05, 3.63) is 22.9 Å². The molecule has 0 aromatic carbocycles. The number of rotatable bonds is 2. The van der Waals surface area contributed by atoms with Crippen molar-refractivity contribution in [2.45, 2.75) is 0 Å². The van der Waals surface area contributed by atoms with Crippen LogP contribution in [0.25, 0.3) is 11.6 Å². The van der Waals surface area contributed by atoms with Gasteiger partial charge in [-0.2, -0.15) is 0 Å². The molecule has 14 heavy (non-hydrogen) atoms. The quantitative estimate of drug-likeness (QED) is 0.713. The van der Waals surface area contributed by atoms with E-state index < -0.39 is 5.76 Å². The Kier molecular flexibility index (Phi) is 1.98. The van der Waals surface area contributed by atoms with E-state index in [1.807, 2.05) is 0 Å². The van der Waals surface area contributed by atoms with E-state index in [0.29, 0.717) is 5.75 Å². The summed E-state index contributed by atoms with van der Waals surface area (Å²) in [5, 5.41) is 3.43. The summed E-state index contributed by atoms with van der Waals surface area (Å²) in [7, 11) is 1.51. The van der Waals surface area contributed by atoms with Crippen LogP contribution in [0.1, 0.15) is 0 Å². The van der Waals surface area contributed by atoms with E-state index in [-0.39, 0.29) is 11.6 Å². The highest BCUT2D eigenvalue weighted by atomic mass is 16.5. The Labute approximate surface area is 77.8 Å². The molecule has 2 heterocycles. The monoisotopic (exact) mass is 194 g/mol. The number of hydrogen-bond acceptors (Lipinski definition) is 6. The molecule has 0 aliphatic heterocycles. The molecule has 7 heteroatoms. The lowest BCUT2D eigenvalue weighted by Crippen LogP contribution is -1.97. The van der Waals surface area contributed by atoms with Gasteiger partial charge in [0.05, 0.1) is 19.5 Å². The van der Waals surface area contributed by atoms with Crippen LogP contribution in [0.3, 0.4) is 0 Å². The number of hydrogen-bond donors (Lipinski definition) is 1. The van der Waals surface area contributed by atoms with E-state index in [2.05, 4.69) is 24.6 Å². The minimum absolute atomic E-state index is 0.192. The number of methoxy groups -OCH3 is 1. The third-order valence-electron chi connectivity index (χ3n) is 1.52. The average molecular weight is 194 g/mol. The van der Waals surface area contributed by atoms with E-state index in [1.54, 1.807) is 0 Å². The Balaban J connectivity index is 2.38. The van der Waals surface area contributed by atoms with Crippen molar-refractivity contribution in [1.82, 2.24) is 20.1 Å². The maximum Gasteiger partial charge on any atom is 0.439 e. The first-order valence-electron chi connectivity index (χ1n) is 3.72.